The Morgan fingerprint density at radius 2 is 1.53 bits per heavy atom. The highest BCUT2D eigenvalue weighted by atomic mass is 16.7. The summed E-state index contributed by atoms with van der Waals surface area (Å²) in [7, 11) is 2.93. The summed E-state index contributed by atoms with van der Waals surface area (Å²) in [5.41, 5.74) is -1.27. The topological polar surface area (TPSA) is 242 Å². The number of likely N-dealkylation sites (tertiary alicyclic amines) is 1. The maximum absolute atomic E-state index is 15.0. The number of aliphatic hydroxyl groups excluding tert-OH is 2. The van der Waals surface area contributed by atoms with Crippen LogP contribution >= 0.6 is 0 Å². The zero-order valence-corrected chi connectivity index (χ0v) is 44.6. The van der Waals surface area contributed by atoms with Crippen molar-refractivity contribution in [3.63, 3.8) is 0 Å². The molecule has 2 aromatic carbocycles. The fraction of sp³-hybridized carbons (Fsp3) is 0.630. The van der Waals surface area contributed by atoms with E-state index < -0.39 is 94.4 Å². The van der Waals surface area contributed by atoms with Crippen LogP contribution in [0, 0.1) is 36.5 Å². The summed E-state index contributed by atoms with van der Waals surface area (Å²) in [4.78, 5) is 71.3. The van der Waals surface area contributed by atoms with Crippen LogP contribution in [0.3, 0.4) is 0 Å². The van der Waals surface area contributed by atoms with Gasteiger partial charge in [-0.25, -0.2) is 9.79 Å². The first-order chi connectivity index (χ1) is 34.3. The van der Waals surface area contributed by atoms with Crippen molar-refractivity contribution < 1.29 is 63.3 Å². The number of Topliss-reactive ketones (excluding diaryl/α,β-unsaturated/α-hetero) is 1. The lowest BCUT2D eigenvalue weighted by atomic mass is 9.78. The molecule has 5 bridgehead atoms. The number of piperazine rings is 1. The van der Waals surface area contributed by atoms with E-state index in [4.69, 9.17) is 28.7 Å². The van der Waals surface area contributed by atoms with Gasteiger partial charge in [0.2, 0.25) is 0 Å². The van der Waals surface area contributed by atoms with Gasteiger partial charge in [-0.15, -0.1) is 0 Å². The number of hydrogen-bond donors (Lipinski definition) is 5. The number of rotatable bonds is 6. The Kier molecular flexibility index (Phi) is 16.1. The number of piperidine rings is 1. The molecule has 0 unspecified atom stereocenters. The monoisotopic (exact) mass is 1020 g/mol. The van der Waals surface area contributed by atoms with Crippen LogP contribution in [0.15, 0.2) is 46.1 Å². The molecule has 73 heavy (non-hydrogen) atoms. The molecule has 3 amide bonds. The van der Waals surface area contributed by atoms with Gasteiger partial charge in [-0.05, 0) is 39.7 Å². The van der Waals surface area contributed by atoms with Crippen LogP contribution in [0.1, 0.15) is 98.0 Å². The summed E-state index contributed by atoms with van der Waals surface area (Å²) in [5, 5.41) is 51.5. The number of carbonyl (C=O) groups excluding carboxylic acids is 4. The second-order valence-corrected chi connectivity index (χ2v) is 21.7. The lowest BCUT2D eigenvalue weighted by molar-refractivity contribution is -0.152. The van der Waals surface area contributed by atoms with E-state index in [2.05, 4.69) is 29.1 Å². The first-order valence-corrected chi connectivity index (χ1v) is 25.5. The highest BCUT2D eigenvalue weighted by Gasteiger charge is 2.51. The SMILES string of the molecule is CO[C@H]1/C=C/O[C@@]2(C)Oc3c(C)c(O)c4c(O)c(c5c(c4c3C2=O)NC2(CCN(CC(C)C)CC2)N=5)=NC(=O)/C(C)=C\C=C\[C@H](C)[C@H](O)[C@@H](C)[C@@H](O)[C@@H](C)[C@H](OC(=O)N2CCN(C(=O)C(C)(C)OC)CC2)[C@@H]1C. The number of nitrogens with one attached hydrogen (secondary N) is 1. The van der Waals surface area contributed by atoms with E-state index in [0.717, 1.165) is 6.54 Å². The molecule has 1 spiro atoms. The molecule has 6 heterocycles. The highest BCUT2D eigenvalue weighted by molar-refractivity contribution is 6.21. The molecule has 0 radical (unpaired) electrons. The van der Waals surface area contributed by atoms with Crippen molar-refractivity contribution in [1.82, 2.24) is 14.7 Å². The first kappa shape index (κ1) is 55.2. The van der Waals surface area contributed by atoms with Crippen LogP contribution in [-0.4, -0.2) is 160 Å². The maximum Gasteiger partial charge on any atom is 0.410 e. The summed E-state index contributed by atoms with van der Waals surface area (Å²) in [6, 6.07) is 0. The van der Waals surface area contributed by atoms with E-state index in [1.165, 1.54) is 38.4 Å². The fourth-order valence-electron chi connectivity index (χ4n) is 10.8. The summed E-state index contributed by atoms with van der Waals surface area (Å²) in [5.74, 6) is -6.77. The number of methoxy groups -OCH3 is 2. The molecule has 2 aromatic rings. The van der Waals surface area contributed by atoms with Crippen molar-refractivity contribution in [2.45, 2.75) is 130 Å². The number of fused-ring (bicyclic) bond motifs is 13. The van der Waals surface area contributed by atoms with Crippen molar-refractivity contribution >= 4 is 40.2 Å². The molecule has 9 atom stereocenters. The molecule has 19 heteroatoms. The Morgan fingerprint density at radius 3 is 2.15 bits per heavy atom. The van der Waals surface area contributed by atoms with Crippen LogP contribution in [0.4, 0.5) is 10.5 Å². The Hall–Kier alpha value is -5.60. The smallest absolute Gasteiger partial charge is 0.410 e. The lowest BCUT2D eigenvalue weighted by Gasteiger charge is -2.41. The van der Waals surface area contributed by atoms with Gasteiger partial charge in [-0.2, -0.15) is 0 Å². The molecule has 0 aromatic heterocycles. The summed E-state index contributed by atoms with van der Waals surface area (Å²) < 4.78 is 30.3. The van der Waals surface area contributed by atoms with Gasteiger partial charge in [0.25, 0.3) is 17.6 Å². The molecule has 400 valence electrons. The highest BCUT2D eigenvalue weighted by Crippen LogP contribution is 2.51. The van der Waals surface area contributed by atoms with Crippen LogP contribution in [-0.2, 0) is 28.5 Å². The van der Waals surface area contributed by atoms with Crippen LogP contribution in [0.5, 0.6) is 17.2 Å². The minimum atomic E-state index is -2.01. The molecule has 0 saturated carbocycles. The number of ether oxygens (including phenoxy) is 5. The minimum absolute atomic E-state index is 0.0303. The molecule has 6 aliphatic heterocycles. The normalized spacial score (nSPS) is 30.8. The molecule has 0 aliphatic carbocycles. The van der Waals surface area contributed by atoms with Gasteiger partial charge in [0, 0.05) is 120 Å². The van der Waals surface area contributed by atoms with Crippen molar-refractivity contribution in [3.05, 3.63) is 58.0 Å². The number of ketones is 1. The molecule has 5 N–H and O–H groups in total. The van der Waals surface area contributed by atoms with E-state index >= 15 is 0 Å². The number of aromatic hydroxyl groups is 2. The number of phenolic OH excluding ortho intramolecular Hbond substituents is 2. The van der Waals surface area contributed by atoms with E-state index in [1.807, 2.05) is 0 Å². The third kappa shape index (κ3) is 10.6. The molecule has 6 aliphatic rings. The fourth-order valence-corrected chi connectivity index (χ4v) is 10.8. The van der Waals surface area contributed by atoms with Gasteiger partial charge in [-0.3, -0.25) is 19.4 Å². The number of phenols is 2. The zero-order chi connectivity index (χ0) is 53.6. The third-order valence-corrected chi connectivity index (χ3v) is 15.7. The Morgan fingerprint density at radius 1 is 0.890 bits per heavy atom. The predicted octanol–water partition coefficient (Wildman–Crippen LogP) is 4.89. The molecule has 8 rings (SSSR count). The molecule has 2 saturated heterocycles. The summed E-state index contributed by atoms with van der Waals surface area (Å²) in [6.07, 6.45) is 3.91. The number of carbonyl (C=O) groups is 4. The van der Waals surface area contributed by atoms with Crippen LogP contribution in [0.25, 0.3) is 10.8 Å². The summed E-state index contributed by atoms with van der Waals surface area (Å²) in [6.45, 7) is 22.4. The average Bonchev–Trinajstić information content (AvgIpc) is 3.86. The van der Waals surface area contributed by atoms with E-state index in [-0.39, 0.29) is 76.0 Å². The standard InChI is InChI=1S/C54H76N6O13/c1-28(2)27-58-20-18-54(19-21-58)56-39-36-37-44(63)34(8)47-38(36)48(65)53(11,73-47)71-26-17-35(69-12)31(5)46(72-51(68)60-24-22-59(23-25-60)50(67)52(9,10)70-13)33(7)43(62)32(6)42(61)29(3)15-14-16-30(4)49(66)55-41(45(37)64)40(39)57-54/h14-17,26,28-29,31-33,35,42-43,46,56,61-64H,18-25,27H2,1-13H3/b15-14+,26-17+,30-16-,55-41?/t29-,31+,32+,33+,35-,42-,43+,46+,53-/m0/s1. The first-order valence-electron chi connectivity index (χ1n) is 25.5. The van der Waals surface area contributed by atoms with E-state index in [9.17, 15) is 39.6 Å². The second-order valence-electron chi connectivity index (χ2n) is 21.7. The van der Waals surface area contributed by atoms with Crippen LogP contribution in [0.2, 0.25) is 0 Å². The lowest BCUT2D eigenvalue weighted by Crippen LogP contribution is -2.56. The number of aliphatic hydroxyl groups is 2. The number of benzene rings is 2. The molecule has 2 fully saturated rings. The average molecular weight is 1020 g/mol. The molecular weight excluding hydrogens is 941 g/mol. The van der Waals surface area contributed by atoms with Gasteiger partial charge >= 0.3 is 11.9 Å². The number of nitrogens with zero attached hydrogens (tertiary/aromatic N) is 5. The number of amides is 3. The van der Waals surface area contributed by atoms with Gasteiger partial charge in [0.15, 0.2) is 5.75 Å². The van der Waals surface area contributed by atoms with Crippen molar-refractivity contribution in [3.8, 4) is 17.2 Å². The minimum Gasteiger partial charge on any atom is -0.507 e. The van der Waals surface area contributed by atoms with Gasteiger partial charge in [0.05, 0.1) is 41.2 Å². The van der Waals surface area contributed by atoms with Gasteiger partial charge in [0.1, 0.15) is 39.6 Å². The third-order valence-electron chi connectivity index (χ3n) is 15.7. The Labute approximate surface area is 427 Å². The number of anilines is 1. The van der Waals surface area contributed by atoms with Crippen molar-refractivity contribution in [1.29, 1.82) is 0 Å². The Balaban J connectivity index is 1.30. The zero-order valence-electron chi connectivity index (χ0n) is 44.6. The van der Waals surface area contributed by atoms with Gasteiger partial charge < -0.3 is 64.1 Å². The van der Waals surface area contributed by atoms with Crippen molar-refractivity contribution in [2.24, 2.45) is 39.6 Å². The second kappa shape index (κ2) is 21.3. The van der Waals surface area contributed by atoms with E-state index in [0.29, 0.717) is 37.5 Å². The maximum atomic E-state index is 15.0. The van der Waals surface area contributed by atoms with E-state index in [1.54, 1.807) is 78.5 Å². The Bertz CT molecular complexity index is 2700. The quantitative estimate of drug-likeness (QED) is 0.242. The number of allylic oxidation sites excluding steroid dienone is 2. The molecular formula is C54H76N6O13. The van der Waals surface area contributed by atoms with Crippen LogP contribution < -0.4 is 20.8 Å². The largest absolute Gasteiger partial charge is 0.507 e. The molecule has 19 nitrogen and oxygen atoms in total. The predicted molar refractivity (Wildman–Crippen MR) is 272 cm³/mol. The number of hydrogen-bond acceptors (Lipinski definition) is 16. The van der Waals surface area contributed by atoms with Crippen molar-refractivity contribution in [2.75, 3.05) is 65.3 Å². The van der Waals surface area contributed by atoms with Gasteiger partial charge in [-0.1, -0.05) is 59.8 Å². The summed E-state index contributed by atoms with van der Waals surface area (Å²) >= 11 is 0.